The van der Waals surface area contributed by atoms with Crippen LogP contribution in [0.4, 0.5) is 11.5 Å². The summed E-state index contributed by atoms with van der Waals surface area (Å²) in [5.41, 5.74) is 9.71. The Kier molecular flexibility index (Phi) is 10.0. The summed E-state index contributed by atoms with van der Waals surface area (Å²) in [6.07, 6.45) is 4.30. The van der Waals surface area contributed by atoms with Crippen molar-refractivity contribution in [2.45, 2.75) is 83.5 Å². The Balaban J connectivity index is 0.000000186. The number of hydrogen-bond acceptors (Lipinski definition) is 10. The lowest BCUT2D eigenvalue weighted by atomic mass is 10.00. The van der Waals surface area contributed by atoms with E-state index in [1.165, 1.54) is 36.5 Å². The number of amides is 1. The van der Waals surface area contributed by atoms with Crippen molar-refractivity contribution < 1.29 is 24.9 Å². The SMILES string of the molecule is CCCCN1CCCCC1C(=O)Nc1c(C)cccc1C.Nc1ncnc2c1ncn2[C@@H]1O[C@H](CO)[C@@H](O)[C@H]1O. The van der Waals surface area contributed by atoms with E-state index in [2.05, 4.69) is 58.1 Å². The molecule has 2 saturated heterocycles. The molecule has 4 heterocycles. The maximum absolute atomic E-state index is 12.7. The highest BCUT2D eigenvalue weighted by atomic mass is 16.6. The molecule has 0 bridgehead atoms. The molecule has 0 spiro atoms. The van der Waals surface area contributed by atoms with Crippen LogP contribution in [0.15, 0.2) is 30.9 Å². The minimum Gasteiger partial charge on any atom is -0.394 e. The van der Waals surface area contributed by atoms with Crippen molar-refractivity contribution in [2.75, 3.05) is 30.7 Å². The predicted octanol–water partition coefficient (Wildman–Crippen LogP) is 1.92. The molecule has 2 aliphatic rings. The molecule has 12 heteroatoms. The maximum Gasteiger partial charge on any atom is 0.241 e. The van der Waals surface area contributed by atoms with Gasteiger partial charge in [-0.05, 0) is 57.3 Å². The summed E-state index contributed by atoms with van der Waals surface area (Å²) in [4.78, 5) is 27.0. The van der Waals surface area contributed by atoms with Gasteiger partial charge in [0.05, 0.1) is 19.0 Å². The lowest BCUT2D eigenvalue weighted by Crippen LogP contribution is -2.47. The highest BCUT2D eigenvalue weighted by Crippen LogP contribution is 2.31. The zero-order valence-corrected chi connectivity index (χ0v) is 23.4. The Hall–Kier alpha value is -3.16. The van der Waals surface area contributed by atoms with E-state index in [-0.39, 0.29) is 17.8 Å². The molecule has 12 nitrogen and oxygen atoms in total. The van der Waals surface area contributed by atoms with Crippen LogP contribution < -0.4 is 11.1 Å². The summed E-state index contributed by atoms with van der Waals surface area (Å²) in [6, 6.07) is 6.19. The largest absolute Gasteiger partial charge is 0.394 e. The number of nitrogens with one attached hydrogen (secondary N) is 1. The van der Waals surface area contributed by atoms with Gasteiger partial charge in [0.1, 0.15) is 30.2 Å². The molecule has 2 fully saturated rings. The van der Waals surface area contributed by atoms with Crippen molar-refractivity contribution in [1.82, 2.24) is 24.4 Å². The van der Waals surface area contributed by atoms with E-state index in [9.17, 15) is 15.0 Å². The summed E-state index contributed by atoms with van der Waals surface area (Å²) < 4.78 is 6.85. The molecule has 0 saturated carbocycles. The van der Waals surface area contributed by atoms with Crippen molar-refractivity contribution in [1.29, 1.82) is 0 Å². The molecule has 5 atom stereocenters. The molecule has 2 aliphatic heterocycles. The molecule has 3 aromatic rings. The number of imidazole rings is 1. The van der Waals surface area contributed by atoms with Crippen LogP contribution in [0.1, 0.15) is 56.4 Å². The number of unbranched alkanes of at least 4 members (excludes halogenated alkanes) is 1. The number of aliphatic hydroxyl groups excluding tert-OH is 3. The van der Waals surface area contributed by atoms with Crippen LogP contribution in [0.3, 0.4) is 0 Å². The predicted molar refractivity (Wildman–Crippen MR) is 151 cm³/mol. The second-order valence-corrected chi connectivity index (χ2v) is 10.5. The molecule has 2 aromatic heterocycles. The van der Waals surface area contributed by atoms with E-state index in [4.69, 9.17) is 15.6 Å². The minimum atomic E-state index is -1.19. The van der Waals surface area contributed by atoms with Crippen LogP contribution in [-0.4, -0.2) is 89.7 Å². The van der Waals surface area contributed by atoms with Gasteiger partial charge in [-0.25, -0.2) is 15.0 Å². The number of piperidine rings is 1. The normalized spacial score (nSPS) is 25.0. The van der Waals surface area contributed by atoms with Crippen LogP contribution in [0.2, 0.25) is 0 Å². The molecule has 0 radical (unpaired) electrons. The van der Waals surface area contributed by atoms with Crippen LogP contribution in [-0.2, 0) is 9.53 Å². The number of nitrogens with zero attached hydrogens (tertiary/aromatic N) is 5. The fourth-order valence-electron chi connectivity index (χ4n) is 5.30. The van der Waals surface area contributed by atoms with Crippen molar-refractivity contribution >= 4 is 28.6 Å². The topological polar surface area (TPSA) is 172 Å². The smallest absolute Gasteiger partial charge is 0.241 e. The Morgan fingerprint density at radius 3 is 2.58 bits per heavy atom. The van der Waals surface area contributed by atoms with Gasteiger partial charge < -0.3 is 31.1 Å². The lowest BCUT2D eigenvalue weighted by Gasteiger charge is -2.34. The number of anilines is 2. The molecule has 218 valence electrons. The van der Waals surface area contributed by atoms with Gasteiger partial charge in [-0.2, -0.15) is 0 Å². The van der Waals surface area contributed by atoms with E-state index in [1.807, 2.05) is 6.07 Å². The van der Waals surface area contributed by atoms with Gasteiger partial charge in [0, 0.05) is 5.69 Å². The van der Waals surface area contributed by atoms with Crippen LogP contribution >= 0.6 is 0 Å². The highest BCUT2D eigenvalue weighted by molar-refractivity contribution is 5.96. The average molecular weight is 556 g/mol. The fraction of sp³-hybridized carbons (Fsp3) is 0.571. The molecule has 1 amide bonds. The van der Waals surface area contributed by atoms with Crippen LogP contribution in [0.25, 0.3) is 11.2 Å². The number of para-hydroxylation sites is 1. The Morgan fingerprint density at radius 2 is 1.90 bits per heavy atom. The number of carbonyl (C=O) groups excluding carboxylic acids is 1. The van der Waals surface area contributed by atoms with E-state index in [0.29, 0.717) is 11.2 Å². The Labute approximate surface area is 234 Å². The third-order valence-corrected chi connectivity index (χ3v) is 7.62. The monoisotopic (exact) mass is 555 g/mol. The summed E-state index contributed by atoms with van der Waals surface area (Å²) >= 11 is 0. The quantitative estimate of drug-likeness (QED) is 0.290. The molecule has 6 N–H and O–H groups in total. The Morgan fingerprint density at radius 1 is 1.15 bits per heavy atom. The average Bonchev–Trinajstić information content (AvgIpc) is 3.51. The molecular formula is C28H41N7O5. The second-order valence-electron chi connectivity index (χ2n) is 10.5. The van der Waals surface area contributed by atoms with Crippen molar-refractivity contribution in [3.8, 4) is 0 Å². The number of benzene rings is 1. The first-order chi connectivity index (χ1) is 19.3. The van der Waals surface area contributed by atoms with E-state index in [0.717, 1.165) is 42.7 Å². The molecular weight excluding hydrogens is 514 g/mol. The zero-order chi connectivity index (χ0) is 28.8. The van der Waals surface area contributed by atoms with E-state index in [1.54, 1.807) is 0 Å². The molecule has 0 aliphatic carbocycles. The number of aliphatic hydroxyl groups is 3. The third kappa shape index (κ3) is 6.42. The minimum absolute atomic E-state index is 0.0457. The van der Waals surface area contributed by atoms with E-state index >= 15 is 0 Å². The van der Waals surface area contributed by atoms with E-state index < -0.39 is 31.1 Å². The zero-order valence-electron chi connectivity index (χ0n) is 23.4. The van der Waals surface area contributed by atoms with Gasteiger partial charge in [-0.1, -0.05) is 38.0 Å². The van der Waals surface area contributed by atoms with Gasteiger partial charge in [-0.3, -0.25) is 14.3 Å². The first kappa shape index (κ1) is 29.8. The lowest BCUT2D eigenvalue weighted by molar-refractivity contribution is -0.122. The third-order valence-electron chi connectivity index (χ3n) is 7.62. The van der Waals surface area contributed by atoms with Crippen molar-refractivity contribution in [3.63, 3.8) is 0 Å². The number of nitrogens with two attached hydrogens (primary N) is 1. The highest BCUT2D eigenvalue weighted by Gasteiger charge is 2.44. The number of ether oxygens (including phenoxy) is 1. The second kappa shape index (κ2) is 13.5. The first-order valence-corrected chi connectivity index (χ1v) is 13.9. The van der Waals surface area contributed by atoms with Gasteiger partial charge in [0.2, 0.25) is 5.91 Å². The number of rotatable bonds is 7. The summed E-state index contributed by atoms with van der Waals surface area (Å²) in [6.45, 7) is 8.02. The maximum atomic E-state index is 12.7. The summed E-state index contributed by atoms with van der Waals surface area (Å²) in [5.74, 6) is 0.388. The molecule has 1 unspecified atom stereocenters. The summed E-state index contributed by atoms with van der Waals surface area (Å²) in [5, 5.41) is 31.9. The van der Waals surface area contributed by atoms with Gasteiger partial charge in [-0.15, -0.1) is 0 Å². The van der Waals surface area contributed by atoms with Crippen molar-refractivity contribution in [2.24, 2.45) is 0 Å². The van der Waals surface area contributed by atoms with Crippen molar-refractivity contribution in [3.05, 3.63) is 42.0 Å². The fourth-order valence-corrected chi connectivity index (χ4v) is 5.30. The molecule has 5 rings (SSSR count). The number of nitrogen functional groups attached to an aromatic ring is 1. The van der Waals surface area contributed by atoms with Gasteiger partial charge >= 0.3 is 0 Å². The standard InChI is InChI=1S/C18H28N2O.C10H13N5O4/c1-4-5-12-20-13-7-6-11-16(20)18(21)19-17-14(2)9-8-10-15(17)3;11-8-5-9(13-2-12-8)15(3-14-5)10-7(18)6(17)4(1-16)19-10/h8-10,16H,4-7,11-13H2,1-3H3,(H,19,21);2-4,6-7,10,16-18H,1H2,(H2,11,12,13)/t;4-,6-,7-,10-/m.1/s1. The Bertz CT molecular complexity index is 1260. The first-order valence-electron chi connectivity index (χ1n) is 13.9. The van der Waals surface area contributed by atoms with Gasteiger partial charge in [0.25, 0.3) is 0 Å². The number of fused-ring (bicyclic) bond motifs is 1. The van der Waals surface area contributed by atoms with Crippen LogP contribution in [0.5, 0.6) is 0 Å². The number of likely N-dealkylation sites (tertiary alicyclic amines) is 1. The number of hydrogen-bond donors (Lipinski definition) is 5. The summed E-state index contributed by atoms with van der Waals surface area (Å²) in [7, 11) is 0. The van der Waals surface area contributed by atoms with Gasteiger partial charge in [0.15, 0.2) is 17.7 Å². The van der Waals surface area contributed by atoms with Crippen LogP contribution in [0, 0.1) is 13.8 Å². The number of carbonyl (C=O) groups is 1. The molecule has 40 heavy (non-hydrogen) atoms. The molecule has 1 aromatic carbocycles. The number of aryl methyl sites for hydroxylation is 2. The number of aromatic nitrogens is 4.